The van der Waals surface area contributed by atoms with Crippen LogP contribution in [0, 0.1) is 0 Å². The van der Waals surface area contributed by atoms with Crippen molar-refractivity contribution < 1.29 is 19.2 Å². The van der Waals surface area contributed by atoms with Gasteiger partial charge < -0.3 is 19.7 Å². The fraction of sp³-hybridized carbons (Fsp3) is 0.167. The third-order valence-electron chi connectivity index (χ3n) is 2.47. The summed E-state index contributed by atoms with van der Waals surface area (Å²) in [5.74, 6) is -0.0119. The molecular weight excluding hydrogens is 396 g/mol. The fourth-order valence-electron chi connectivity index (χ4n) is 1.50. The van der Waals surface area contributed by atoms with Crippen LogP contribution in [-0.2, 0) is 6.54 Å². The molecule has 20 heavy (non-hydrogen) atoms. The Hall–Kier alpha value is -1.54. The number of hydrogen-bond acceptors (Lipinski definition) is 5. The van der Waals surface area contributed by atoms with E-state index in [2.05, 4.69) is 42.3 Å². The minimum atomic E-state index is -1.12. The van der Waals surface area contributed by atoms with E-state index in [-0.39, 0.29) is 5.69 Å². The molecule has 1 aromatic carbocycles. The summed E-state index contributed by atoms with van der Waals surface area (Å²) in [6.45, 7) is 0.309. The summed E-state index contributed by atoms with van der Waals surface area (Å²) in [5, 5.41) is 15.3. The predicted molar refractivity (Wildman–Crippen MR) is 79.2 cm³/mol. The summed E-state index contributed by atoms with van der Waals surface area (Å²) in [6, 6.07) is 5.03. The molecule has 0 spiro atoms. The van der Waals surface area contributed by atoms with Crippen LogP contribution in [0.25, 0.3) is 0 Å². The molecule has 0 saturated carbocycles. The van der Waals surface area contributed by atoms with Gasteiger partial charge in [0.2, 0.25) is 0 Å². The number of carbonyl (C=O) groups is 1. The number of ether oxygens (including phenoxy) is 1. The third-order valence-corrected chi connectivity index (χ3v) is 3.75. The van der Waals surface area contributed by atoms with E-state index in [9.17, 15) is 4.79 Å². The van der Waals surface area contributed by atoms with E-state index in [1.165, 1.54) is 6.07 Å². The summed E-state index contributed by atoms with van der Waals surface area (Å²) in [5.41, 5.74) is 0.674. The first-order valence-electron chi connectivity index (χ1n) is 5.47. The molecule has 1 heterocycles. The minimum Gasteiger partial charge on any atom is -0.495 e. The molecule has 2 rings (SSSR count). The number of carboxylic acid groups (broad SMARTS) is 1. The van der Waals surface area contributed by atoms with Gasteiger partial charge in [-0.2, -0.15) is 0 Å². The normalized spacial score (nSPS) is 10.3. The van der Waals surface area contributed by atoms with E-state index < -0.39 is 5.97 Å². The summed E-state index contributed by atoms with van der Waals surface area (Å²) in [4.78, 5) is 10.7. The Labute approximate surface area is 131 Å². The number of rotatable bonds is 5. The lowest BCUT2D eigenvalue weighted by Crippen LogP contribution is -2.00. The van der Waals surface area contributed by atoms with Crippen LogP contribution in [0.15, 0.2) is 31.7 Å². The van der Waals surface area contributed by atoms with Crippen molar-refractivity contribution in [2.45, 2.75) is 6.54 Å². The van der Waals surface area contributed by atoms with E-state index in [1.807, 2.05) is 12.1 Å². The predicted octanol–water partition coefficient (Wildman–Crippen LogP) is 3.52. The van der Waals surface area contributed by atoms with Crippen molar-refractivity contribution in [1.82, 2.24) is 5.16 Å². The molecule has 0 atom stereocenters. The zero-order valence-electron chi connectivity index (χ0n) is 10.3. The Bertz CT molecular complexity index is 642. The van der Waals surface area contributed by atoms with Crippen LogP contribution < -0.4 is 10.1 Å². The van der Waals surface area contributed by atoms with Crippen molar-refractivity contribution in [3.63, 3.8) is 0 Å². The van der Waals surface area contributed by atoms with Crippen molar-refractivity contribution >= 4 is 43.5 Å². The zero-order chi connectivity index (χ0) is 14.7. The van der Waals surface area contributed by atoms with E-state index in [0.29, 0.717) is 18.1 Å². The molecule has 1 aromatic heterocycles. The highest BCUT2D eigenvalue weighted by Gasteiger charge is 2.12. The number of carboxylic acids is 1. The maximum atomic E-state index is 10.7. The SMILES string of the molecule is COc1cc(NCc2cc(C(=O)O)no2)c(Br)cc1Br. The lowest BCUT2D eigenvalue weighted by Gasteiger charge is -2.10. The molecule has 0 saturated heterocycles. The zero-order valence-corrected chi connectivity index (χ0v) is 13.5. The van der Waals surface area contributed by atoms with E-state index in [0.717, 1.165) is 14.6 Å². The number of hydrogen-bond donors (Lipinski definition) is 2. The number of nitrogens with zero attached hydrogens (tertiary/aromatic N) is 1. The number of halogens is 2. The number of aromatic carboxylic acids is 1. The lowest BCUT2D eigenvalue weighted by molar-refractivity contribution is 0.0685. The molecule has 8 heteroatoms. The number of nitrogens with one attached hydrogen (secondary N) is 1. The highest BCUT2D eigenvalue weighted by molar-refractivity contribution is 9.11. The summed E-state index contributed by atoms with van der Waals surface area (Å²) in [7, 11) is 1.58. The van der Waals surface area contributed by atoms with Gasteiger partial charge in [0.05, 0.1) is 23.8 Å². The van der Waals surface area contributed by atoms with Crippen molar-refractivity contribution in [2.75, 3.05) is 12.4 Å². The molecule has 0 aliphatic carbocycles. The molecule has 0 fully saturated rings. The van der Waals surface area contributed by atoms with Crippen molar-refractivity contribution in [2.24, 2.45) is 0 Å². The molecule has 6 nitrogen and oxygen atoms in total. The smallest absolute Gasteiger partial charge is 0.358 e. The molecule has 2 aromatic rings. The van der Waals surface area contributed by atoms with Gasteiger partial charge in [-0.25, -0.2) is 4.79 Å². The van der Waals surface area contributed by atoms with Crippen LogP contribution in [0.2, 0.25) is 0 Å². The Morgan fingerprint density at radius 1 is 1.40 bits per heavy atom. The summed E-state index contributed by atoms with van der Waals surface area (Å²) < 4.78 is 11.8. The van der Waals surface area contributed by atoms with Gasteiger partial charge >= 0.3 is 5.97 Å². The van der Waals surface area contributed by atoms with Crippen molar-refractivity contribution in [3.8, 4) is 5.75 Å². The fourth-order valence-corrected chi connectivity index (χ4v) is 2.80. The van der Waals surface area contributed by atoms with Crippen LogP contribution in [0.1, 0.15) is 16.2 Å². The van der Waals surface area contributed by atoms with Gasteiger partial charge in [0.15, 0.2) is 11.5 Å². The number of anilines is 1. The quantitative estimate of drug-likeness (QED) is 0.791. The molecule has 0 aliphatic heterocycles. The van der Waals surface area contributed by atoms with Crippen molar-refractivity contribution in [1.29, 1.82) is 0 Å². The Morgan fingerprint density at radius 2 is 2.15 bits per heavy atom. The van der Waals surface area contributed by atoms with Crippen molar-refractivity contribution in [3.05, 3.63) is 38.6 Å². The maximum Gasteiger partial charge on any atom is 0.358 e. The number of methoxy groups -OCH3 is 1. The number of aromatic nitrogens is 1. The van der Waals surface area contributed by atoms with Crippen LogP contribution in [0.4, 0.5) is 5.69 Å². The summed E-state index contributed by atoms with van der Waals surface area (Å²) >= 11 is 6.80. The molecule has 0 radical (unpaired) electrons. The minimum absolute atomic E-state index is 0.116. The molecule has 0 aliphatic rings. The van der Waals surface area contributed by atoms with E-state index in [4.69, 9.17) is 14.4 Å². The van der Waals surface area contributed by atoms with Gasteiger partial charge in [-0.15, -0.1) is 0 Å². The molecule has 2 N–H and O–H groups in total. The Balaban J connectivity index is 2.12. The second-order valence-electron chi connectivity index (χ2n) is 3.80. The molecule has 0 amide bonds. The molecule has 0 bridgehead atoms. The van der Waals surface area contributed by atoms with Crippen LogP contribution in [0.3, 0.4) is 0 Å². The average molecular weight is 406 g/mol. The Kier molecular flexibility index (Phi) is 4.66. The van der Waals surface area contributed by atoms with Crippen LogP contribution in [0.5, 0.6) is 5.75 Å². The molecular formula is C12H10Br2N2O4. The van der Waals surface area contributed by atoms with Gasteiger partial charge in [-0.3, -0.25) is 0 Å². The standard InChI is InChI=1S/C12H10Br2N2O4/c1-19-11-4-9(7(13)3-8(11)14)15-5-6-2-10(12(17)18)16-20-6/h2-4,15H,5H2,1H3,(H,17,18). The first kappa shape index (κ1) is 14.9. The van der Waals surface area contributed by atoms with E-state index >= 15 is 0 Å². The largest absolute Gasteiger partial charge is 0.495 e. The van der Waals surface area contributed by atoms with Crippen LogP contribution in [-0.4, -0.2) is 23.3 Å². The molecule has 106 valence electrons. The maximum absolute atomic E-state index is 10.7. The Morgan fingerprint density at radius 3 is 2.75 bits per heavy atom. The summed E-state index contributed by atoms with van der Waals surface area (Å²) in [6.07, 6.45) is 0. The van der Waals surface area contributed by atoms with Gasteiger partial charge in [0.1, 0.15) is 5.75 Å². The second-order valence-corrected chi connectivity index (χ2v) is 5.51. The van der Waals surface area contributed by atoms with Crippen LogP contribution >= 0.6 is 31.9 Å². The second kappa shape index (κ2) is 6.27. The number of benzene rings is 1. The highest BCUT2D eigenvalue weighted by atomic mass is 79.9. The highest BCUT2D eigenvalue weighted by Crippen LogP contribution is 2.34. The van der Waals surface area contributed by atoms with Gasteiger partial charge in [0.25, 0.3) is 0 Å². The lowest BCUT2D eigenvalue weighted by atomic mass is 10.3. The topological polar surface area (TPSA) is 84.6 Å². The first-order chi connectivity index (χ1) is 9.51. The average Bonchev–Trinajstić information content (AvgIpc) is 2.87. The van der Waals surface area contributed by atoms with Gasteiger partial charge in [-0.1, -0.05) is 5.16 Å². The molecule has 0 unspecified atom stereocenters. The van der Waals surface area contributed by atoms with Gasteiger partial charge in [0, 0.05) is 16.6 Å². The van der Waals surface area contributed by atoms with E-state index in [1.54, 1.807) is 7.11 Å². The monoisotopic (exact) mass is 404 g/mol. The first-order valence-corrected chi connectivity index (χ1v) is 7.05. The third kappa shape index (κ3) is 3.31. The van der Waals surface area contributed by atoms with Gasteiger partial charge in [-0.05, 0) is 37.9 Å².